The number of benzene rings is 2. The van der Waals surface area contributed by atoms with Gasteiger partial charge in [0.25, 0.3) is 0 Å². The van der Waals surface area contributed by atoms with Crippen LogP contribution in [0.25, 0.3) is 11.1 Å². The Bertz CT molecular complexity index is 847. The quantitative estimate of drug-likeness (QED) is 0.383. The highest BCUT2D eigenvalue weighted by Crippen LogP contribution is 2.22. The normalized spacial score (nSPS) is 11.8. The molecule has 2 aromatic rings. The molecule has 1 unspecified atom stereocenters. The molecule has 0 heterocycles. The van der Waals surface area contributed by atoms with E-state index in [9.17, 15) is 14.7 Å². The number of rotatable bonds is 14. The molecule has 1 atom stereocenters. The average molecular weight is 440 g/mol. The van der Waals surface area contributed by atoms with Gasteiger partial charge < -0.3 is 14.7 Å². The number of hydrogen-bond acceptors (Lipinski definition) is 3. The summed E-state index contributed by atoms with van der Waals surface area (Å²) in [6.45, 7) is 4.95. The molecule has 174 valence electrons. The second-order valence-electron chi connectivity index (χ2n) is 8.30. The molecule has 0 bridgehead atoms. The summed E-state index contributed by atoms with van der Waals surface area (Å²) >= 11 is 0. The molecule has 5 nitrogen and oxygen atoms in total. The molecule has 0 aliphatic rings. The molecule has 0 aliphatic carbocycles. The fraction of sp³-hybridized carbons (Fsp3) is 0.481. The van der Waals surface area contributed by atoms with Gasteiger partial charge >= 0.3 is 5.97 Å². The van der Waals surface area contributed by atoms with Gasteiger partial charge in [-0.2, -0.15) is 0 Å². The molecule has 0 aromatic heterocycles. The molecule has 2 aromatic carbocycles. The van der Waals surface area contributed by atoms with Crippen molar-refractivity contribution in [2.24, 2.45) is 0 Å². The van der Waals surface area contributed by atoms with Crippen molar-refractivity contribution in [1.82, 2.24) is 4.90 Å². The molecule has 2 rings (SSSR count). The first-order valence-corrected chi connectivity index (χ1v) is 11.7. The Balaban J connectivity index is 1.95. The topological polar surface area (TPSA) is 66.8 Å². The molecule has 0 radical (unpaired) electrons. The first kappa shape index (κ1) is 25.6. The molecule has 1 N–H and O–H groups in total. The third-order valence-corrected chi connectivity index (χ3v) is 5.62. The molecule has 0 saturated heterocycles. The van der Waals surface area contributed by atoms with Gasteiger partial charge in [0.2, 0.25) is 5.91 Å². The van der Waals surface area contributed by atoms with E-state index in [4.69, 9.17) is 4.74 Å². The van der Waals surface area contributed by atoms with Gasteiger partial charge in [0, 0.05) is 33.0 Å². The van der Waals surface area contributed by atoms with Gasteiger partial charge in [0.1, 0.15) is 0 Å². The molecule has 0 spiro atoms. The lowest BCUT2D eigenvalue weighted by molar-refractivity contribution is -0.150. The maximum atomic E-state index is 12.4. The van der Waals surface area contributed by atoms with E-state index in [0.717, 1.165) is 35.1 Å². The van der Waals surface area contributed by atoms with Gasteiger partial charge in [-0.15, -0.1) is 0 Å². The average Bonchev–Trinajstić information content (AvgIpc) is 2.79. The van der Waals surface area contributed by atoms with Crippen LogP contribution in [0.4, 0.5) is 0 Å². The van der Waals surface area contributed by atoms with E-state index in [0.29, 0.717) is 26.0 Å². The molecule has 0 aliphatic heterocycles. The Morgan fingerprint density at radius 2 is 1.66 bits per heavy atom. The predicted molar refractivity (Wildman–Crippen MR) is 128 cm³/mol. The van der Waals surface area contributed by atoms with Crippen LogP contribution in [0.5, 0.6) is 0 Å². The maximum Gasteiger partial charge on any atom is 0.333 e. The summed E-state index contributed by atoms with van der Waals surface area (Å²) < 4.78 is 5.30. The van der Waals surface area contributed by atoms with Crippen molar-refractivity contribution in [2.75, 3.05) is 13.7 Å². The van der Waals surface area contributed by atoms with Crippen LogP contribution in [0.15, 0.2) is 48.5 Å². The number of carboxylic acid groups (broad SMARTS) is 1. The van der Waals surface area contributed by atoms with Gasteiger partial charge in [0.15, 0.2) is 6.10 Å². The van der Waals surface area contributed by atoms with Gasteiger partial charge in [0.05, 0.1) is 0 Å². The van der Waals surface area contributed by atoms with Crippen LogP contribution in [-0.4, -0.2) is 41.6 Å². The summed E-state index contributed by atoms with van der Waals surface area (Å²) in [7, 11) is 1.87. The fourth-order valence-corrected chi connectivity index (χ4v) is 3.75. The molecule has 5 heteroatoms. The van der Waals surface area contributed by atoms with E-state index in [2.05, 4.69) is 13.0 Å². The second-order valence-corrected chi connectivity index (χ2v) is 8.30. The Kier molecular flexibility index (Phi) is 10.9. The predicted octanol–water partition coefficient (Wildman–Crippen LogP) is 5.70. The smallest absolute Gasteiger partial charge is 0.333 e. The minimum atomic E-state index is -0.941. The van der Waals surface area contributed by atoms with Gasteiger partial charge in [-0.1, -0.05) is 75.1 Å². The first-order chi connectivity index (χ1) is 15.4. The molecule has 0 saturated carbocycles. The number of amides is 1. The molecular formula is C27H37NO4. The number of carboxylic acids is 1. The summed E-state index contributed by atoms with van der Waals surface area (Å²) in [4.78, 5) is 25.5. The van der Waals surface area contributed by atoms with Crippen molar-refractivity contribution in [1.29, 1.82) is 0 Å². The number of ether oxygens (including phenoxy) is 1. The zero-order valence-corrected chi connectivity index (χ0v) is 19.7. The number of carbonyl (C=O) groups excluding carboxylic acids is 1. The Hall–Kier alpha value is -2.66. The number of aliphatic carboxylic acids is 1. The van der Waals surface area contributed by atoms with Crippen LogP contribution in [0.2, 0.25) is 0 Å². The monoisotopic (exact) mass is 439 g/mol. The summed E-state index contributed by atoms with van der Waals surface area (Å²) in [6, 6.07) is 16.1. The Labute approximate surface area is 192 Å². The Morgan fingerprint density at radius 3 is 2.31 bits per heavy atom. The highest BCUT2D eigenvalue weighted by Gasteiger charge is 2.18. The van der Waals surface area contributed by atoms with Gasteiger partial charge in [-0.3, -0.25) is 4.79 Å². The standard InChI is InChI=1S/C27H37NO4/c1-4-6-7-8-9-13-26(29)28(3)20-22-11-10-12-24(18-22)23-16-14-21(15-17-23)19-25(27(30)31)32-5-2/h10-12,14-18,25H,4-9,13,19-20H2,1-3H3,(H,30,31). The van der Waals surface area contributed by atoms with E-state index in [1.165, 1.54) is 19.3 Å². The van der Waals surface area contributed by atoms with Crippen molar-refractivity contribution >= 4 is 11.9 Å². The van der Waals surface area contributed by atoms with E-state index in [1.807, 2.05) is 54.4 Å². The third kappa shape index (κ3) is 8.46. The SMILES string of the molecule is CCCCCCCC(=O)N(C)Cc1cccc(-c2ccc(CC(OCC)C(=O)O)cc2)c1. The van der Waals surface area contributed by atoms with Crippen molar-refractivity contribution in [3.05, 3.63) is 59.7 Å². The summed E-state index contributed by atoms with van der Waals surface area (Å²) in [5.74, 6) is -0.748. The van der Waals surface area contributed by atoms with Crippen molar-refractivity contribution in [2.45, 2.75) is 71.4 Å². The van der Waals surface area contributed by atoms with Crippen LogP contribution < -0.4 is 0 Å². The van der Waals surface area contributed by atoms with Crippen LogP contribution in [0, 0.1) is 0 Å². The minimum Gasteiger partial charge on any atom is -0.479 e. The van der Waals surface area contributed by atoms with E-state index < -0.39 is 12.1 Å². The summed E-state index contributed by atoms with van der Waals surface area (Å²) in [5.41, 5.74) is 4.16. The minimum absolute atomic E-state index is 0.193. The molecule has 0 fully saturated rings. The largest absolute Gasteiger partial charge is 0.479 e. The fourth-order valence-electron chi connectivity index (χ4n) is 3.75. The highest BCUT2D eigenvalue weighted by molar-refractivity contribution is 5.76. The zero-order chi connectivity index (χ0) is 23.3. The van der Waals surface area contributed by atoms with Gasteiger partial charge in [-0.05, 0) is 41.7 Å². The lowest BCUT2D eigenvalue weighted by Crippen LogP contribution is -2.26. The van der Waals surface area contributed by atoms with Crippen LogP contribution in [0.1, 0.15) is 63.5 Å². The van der Waals surface area contributed by atoms with Gasteiger partial charge in [-0.25, -0.2) is 4.79 Å². The Morgan fingerprint density at radius 1 is 0.938 bits per heavy atom. The summed E-state index contributed by atoms with van der Waals surface area (Å²) in [5, 5.41) is 9.27. The number of nitrogens with zero attached hydrogens (tertiary/aromatic N) is 1. The van der Waals surface area contributed by atoms with E-state index in [1.54, 1.807) is 6.92 Å². The zero-order valence-electron chi connectivity index (χ0n) is 19.7. The number of unbranched alkanes of at least 4 members (excludes halogenated alkanes) is 4. The van der Waals surface area contributed by atoms with Crippen LogP contribution >= 0.6 is 0 Å². The van der Waals surface area contributed by atoms with Crippen LogP contribution in [-0.2, 0) is 27.3 Å². The van der Waals surface area contributed by atoms with E-state index in [-0.39, 0.29) is 5.91 Å². The molecule has 32 heavy (non-hydrogen) atoms. The highest BCUT2D eigenvalue weighted by atomic mass is 16.5. The molecule has 1 amide bonds. The van der Waals surface area contributed by atoms with E-state index >= 15 is 0 Å². The lowest BCUT2D eigenvalue weighted by atomic mass is 9.99. The number of hydrogen-bond donors (Lipinski definition) is 1. The van der Waals surface area contributed by atoms with Crippen LogP contribution in [0.3, 0.4) is 0 Å². The second kappa shape index (κ2) is 13.7. The number of carbonyl (C=O) groups is 2. The van der Waals surface area contributed by atoms with Crippen molar-refractivity contribution in [3.8, 4) is 11.1 Å². The lowest BCUT2D eigenvalue weighted by Gasteiger charge is -2.18. The van der Waals surface area contributed by atoms with Crippen molar-refractivity contribution < 1.29 is 19.4 Å². The summed E-state index contributed by atoms with van der Waals surface area (Å²) in [6.07, 6.45) is 5.87. The van der Waals surface area contributed by atoms with Crippen molar-refractivity contribution in [3.63, 3.8) is 0 Å². The maximum absolute atomic E-state index is 12.4. The first-order valence-electron chi connectivity index (χ1n) is 11.7. The molecular weight excluding hydrogens is 402 g/mol. The third-order valence-electron chi connectivity index (χ3n) is 5.62.